The van der Waals surface area contributed by atoms with Gasteiger partial charge in [0.2, 0.25) is 0 Å². The van der Waals surface area contributed by atoms with E-state index < -0.39 is 0 Å². The Morgan fingerprint density at radius 3 is 2.05 bits per heavy atom. The maximum Gasteiger partial charge on any atom is 0.126 e. The molecule has 5 heteroatoms. The Hall–Kier alpha value is -1.46. The molecule has 1 N–H and O–H groups in total. The predicted molar refractivity (Wildman–Crippen MR) is 74.4 cm³/mol. The fourth-order valence-electron chi connectivity index (χ4n) is 1.55. The minimum Gasteiger partial charge on any atom is -0.496 e. The molecule has 1 aromatic carbocycles. The fraction of sp³-hybridized carbons (Fsp3) is 0.571. The quantitative estimate of drug-likeness (QED) is 0.655. The molecule has 0 fully saturated rings. The molecule has 1 rings (SSSR count). The first-order chi connectivity index (χ1) is 9.30. The molecule has 0 amide bonds. The monoisotopic (exact) mass is 269 g/mol. The molecule has 0 heterocycles. The molecule has 0 radical (unpaired) electrons. The number of rotatable bonds is 10. The van der Waals surface area contributed by atoms with Gasteiger partial charge in [-0.1, -0.05) is 0 Å². The van der Waals surface area contributed by atoms with Crippen LogP contribution in [0.4, 0.5) is 0 Å². The smallest absolute Gasteiger partial charge is 0.126 e. The van der Waals surface area contributed by atoms with Crippen LogP contribution in [-0.2, 0) is 4.74 Å². The maximum atomic E-state index is 5.67. The van der Waals surface area contributed by atoms with Gasteiger partial charge >= 0.3 is 0 Å². The van der Waals surface area contributed by atoms with Gasteiger partial charge in [0.1, 0.15) is 17.2 Å². The van der Waals surface area contributed by atoms with E-state index in [9.17, 15) is 0 Å². The first-order valence-electron chi connectivity index (χ1n) is 6.35. The van der Waals surface area contributed by atoms with E-state index in [-0.39, 0.29) is 0 Å². The molecule has 0 atom stereocenters. The lowest BCUT2D eigenvalue weighted by molar-refractivity contribution is 0.198. The van der Waals surface area contributed by atoms with E-state index in [4.69, 9.17) is 18.9 Å². The Balaban J connectivity index is 2.28. The summed E-state index contributed by atoms with van der Waals surface area (Å²) in [5.74, 6) is 2.22. The summed E-state index contributed by atoms with van der Waals surface area (Å²) in [4.78, 5) is 0. The second-order valence-electron chi connectivity index (χ2n) is 3.99. The highest BCUT2D eigenvalue weighted by Crippen LogP contribution is 2.27. The first-order valence-corrected chi connectivity index (χ1v) is 6.35. The number of hydrogen-bond donors (Lipinski definition) is 1. The van der Waals surface area contributed by atoms with Gasteiger partial charge < -0.3 is 24.3 Å². The summed E-state index contributed by atoms with van der Waals surface area (Å²) in [6.45, 7) is 3.15. The average molecular weight is 269 g/mol. The highest BCUT2D eigenvalue weighted by Gasteiger charge is 2.02. The van der Waals surface area contributed by atoms with Crippen molar-refractivity contribution in [2.45, 2.75) is 6.42 Å². The minimum atomic E-state index is 0.649. The van der Waals surface area contributed by atoms with Crippen molar-refractivity contribution in [3.8, 4) is 17.2 Å². The van der Waals surface area contributed by atoms with Crippen molar-refractivity contribution in [3.05, 3.63) is 18.2 Å². The van der Waals surface area contributed by atoms with E-state index in [1.807, 2.05) is 18.2 Å². The topological polar surface area (TPSA) is 49.0 Å². The number of nitrogens with one attached hydrogen (secondary N) is 1. The van der Waals surface area contributed by atoms with Crippen molar-refractivity contribution < 1.29 is 18.9 Å². The van der Waals surface area contributed by atoms with Crippen LogP contribution in [0.2, 0.25) is 0 Å². The molecule has 108 valence electrons. The highest BCUT2D eigenvalue weighted by atomic mass is 16.5. The van der Waals surface area contributed by atoms with Gasteiger partial charge in [-0.15, -0.1) is 0 Å². The third-order valence-corrected chi connectivity index (χ3v) is 2.57. The zero-order chi connectivity index (χ0) is 13.9. The Morgan fingerprint density at radius 2 is 1.47 bits per heavy atom. The van der Waals surface area contributed by atoms with Crippen LogP contribution in [0.25, 0.3) is 0 Å². The van der Waals surface area contributed by atoms with Crippen molar-refractivity contribution in [2.24, 2.45) is 0 Å². The Labute approximate surface area is 114 Å². The number of ether oxygens (including phenoxy) is 4. The van der Waals surface area contributed by atoms with Gasteiger partial charge in [-0.05, 0) is 13.0 Å². The molecular weight excluding hydrogens is 246 g/mol. The van der Waals surface area contributed by atoms with Crippen molar-refractivity contribution in [2.75, 3.05) is 47.6 Å². The first kappa shape index (κ1) is 15.6. The second-order valence-corrected chi connectivity index (χ2v) is 3.99. The van der Waals surface area contributed by atoms with Crippen LogP contribution in [0.5, 0.6) is 17.2 Å². The van der Waals surface area contributed by atoms with Gasteiger partial charge in [-0.2, -0.15) is 0 Å². The van der Waals surface area contributed by atoms with Crippen LogP contribution in [0.1, 0.15) is 6.42 Å². The Kier molecular flexibility index (Phi) is 7.77. The lowest BCUT2D eigenvalue weighted by atomic mass is 10.3. The fourth-order valence-corrected chi connectivity index (χ4v) is 1.55. The molecule has 0 aromatic heterocycles. The average Bonchev–Trinajstić information content (AvgIpc) is 2.45. The van der Waals surface area contributed by atoms with Gasteiger partial charge in [0.25, 0.3) is 0 Å². The van der Waals surface area contributed by atoms with Gasteiger partial charge in [0, 0.05) is 31.9 Å². The van der Waals surface area contributed by atoms with E-state index in [1.165, 1.54) is 0 Å². The molecule has 1 aromatic rings. The summed E-state index contributed by atoms with van der Waals surface area (Å²) >= 11 is 0. The molecule has 0 spiro atoms. The summed E-state index contributed by atoms with van der Waals surface area (Å²) in [7, 11) is 4.94. The molecule has 0 aliphatic rings. The highest BCUT2D eigenvalue weighted by molar-refractivity contribution is 5.41. The summed E-state index contributed by atoms with van der Waals surface area (Å²) in [5, 5.41) is 3.26. The lowest BCUT2D eigenvalue weighted by Gasteiger charge is -2.10. The standard InChI is InChI=1S/C14H23NO4/c1-16-8-6-15-5-4-7-19-14-10-12(17-2)9-13(11-14)18-3/h9-11,15H,4-8H2,1-3H3. The van der Waals surface area contributed by atoms with Crippen molar-refractivity contribution in [1.82, 2.24) is 5.32 Å². The Morgan fingerprint density at radius 1 is 0.842 bits per heavy atom. The minimum absolute atomic E-state index is 0.649. The van der Waals surface area contributed by atoms with E-state index in [2.05, 4.69) is 5.32 Å². The van der Waals surface area contributed by atoms with E-state index >= 15 is 0 Å². The van der Waals surface area contributed by atoms with Crippen LogP contribution in [0, 0.1) is 0 Å². The predicted octanol–water partition coefficient (Wildman–Crippen LogP) is 1.71. The van der Waals surface area contributed by atoms with Crippen LogP contribution >= 0.6 is 0 Å². The van der Waals surface area contributed by atoms with Crippen LogP contribution in [0.15, 0.2) is 18.2 Å². The van der Waals surface area contributed by atoms with Crippen molar-refractivity contribution >= 4 is 0 Å². The molecule has 19 heavy (non-hydrogen) atoms. The SMILES string of the molecule is COCCNCCCOc1cc(OC)cc(OC)c1. The zero-order valence-electron chi connectivity index (χ0n) is 11.9. The van der Waals surface area contributed by atoms with E-state index in [0.717, 1.165) is 43.4 Å². The van der Waals surface area contributed by atoms with Gasteiger partial charge in [0.05, 0.1) is 27.4 Å². The zero-order valence-corrected chi connectivity index (χ0v) is 11.9. The van der Waals surface area contributed by atoms with Crippen LogP contribution in [-0.4, -0.2) is 47.6 Å². The second kappa shape index (κ2) is 9.47. The number of methoxy groups -OCH3 is 3. The van der Waals surface area contributed by atoms with Crippen LogP contribution in [0.3, 0.4) is 0 Å². The summed E-state index contributed by atoms with van der Waals surface area (Å²) in [6.07, 6.45) is 0.934. The molecule has 5 nitrogen and oxygen atoms in total. The van der Waals surface area contributed by atoms with Gasteiger partial charge in [0.15, 0.2) is 0 Å². The van der Waals surface area contributed by atoms with Crippen molar-refractivity contribution in [3.63, 3.8) is 0 Å². The van der Waals surface area contributed by atoms with E-state index in [1.54, 1.807) is 21.3 Å². The molecule has 0 bridgehead atoms. The summed E-state index contributed by atoms with van der Waals surface area (Å²) in [6, 6.07) is 5.51. The maximum absolute atomic E-state index is 5.67. The molecular formula is C14H23NO4. The molecule has 0 saturated carbocycles. The van der Waals surface area contributed by atoms with E-state index in [0.29, 0.717) is 6.61 Å². The van der Waals surface area contributed by atoms with Crippen molar-refractivity contribution in [1.29, 1.82) is 0 Å². The van der Waals surface area contributed by atoms with Crippen LogP contribution < -0.4 is 19.5 Å². The normalized spacial score (nSPS) is 10.3. The third kappa shape index (κ3) is 6.31. The number of hydrogen-bond acceptors (Lipinski definition) is 5. The largest absolute Gasteiger partial charge is 0.496 e. The molecule has 0 saturated heterocycles. The lowest BCUT2D eigenvalue weighted by Crippen LogP contribution is -2.21. The third-order valence-electron chi connectivity index (χ3n) is 2.57. The molecule has 0 aliphatic carbocycles. The Bertz CT molecular complexity index is 335. The molecule has 0 aliphatic heterocycles. The summed E-state index contributed by atoms with van der Waals surface area (Å²) < 4.78 is 21.0. The molecule has 0 unspecified atom stereocenters. The van der Waals surface area contributed by atoms with Gasteiger partial charge in [-0.25, -0.2) is 0 Å². The summed E-state index contributed by atoms with van der Waals surface area (Å²) in [5.41, 5.74) is 0. The number of benzene rings is 1. The van der Waals surface area contributed by atoms with Gasteiger partial charge in [-0.3, -0.25) is 0 Å².